The van der Waals surface area contributed by atoms with Crippen LogP contribution in [0, 0.1) is 0 Å². The number of hydrogen-bond acceptors (Lipinski definition) is 5. The highest BCUT2D eigenvalue weighted by atomic mass is 35.5. The van der Waals surface area contributed by atoms with E-state index < -0.39 is 0 Å². The third kappa shape index (κ3) is 4.84. The third-order valence-corrected chi connectivity index (χ3v) is 4.72. The van der Waals surface area contributed by atoms with Gasteiger partial charge in [0.2, 0.25) is 17.6 Å². The number of carbonyl (C=O) groups excluding carboxylic acids is 1. The molecule has 1 aromatic heterocycles. The van der Waals surface area contributed by atoms with Gasteiger partial charge in [-0.2, -0.15) is 4.98 Å². The molecule has 0 aliphatic heterocycles. The molecular weight excluding hydrogens is 358 g/mol. The quantitative estimate of drug-likeness (QED) is 0.608. The molecule has 7 heteroatoms. The van der Waals surface area contributed by atoms with Crippen LogP contribution in [-0.2, 0) is 11.3 Å². The molecule has 0 spiro atoms. The number of halogens is 1. The van der Waals surface area contributed by atoms with Crippen molar-refractivity contribution >= 4 is 29.3 Å². The zero-order valence-corrected chi connectivity index (χ0v) is 15.1. The Morgan fingerprint density at radius 2 is 1.88 bits per heavy atom. The lowest BCUT2D eigenvalue weighted by molar-refractivity contribution is -0.127. The van der Waals surface area contributed by atoms with E-state index in [2.05, 4.69) is 10.1 Å². The van der Waals surface area contributed by atoms with Crippen molar-refractivity contribution in [1.82, 2.24) is 15.0 Å². The molecule has 2 aromatic carbocycles. The molecule has 1 amide bonds. The standard InChI is InChI=1S/C18H16ClN3O2S/c1-22(17(23)12-25-15-9-7-14(19)8-10-15)11-16-20-18(21-24-16)13-5-3-2-4-6-13/h2-10H,11-12H2,1H3. The number of amides is 1. The van der Waals surface area contributed by atoms with Gasteiger partial charge in [-0.05, 0) is 24.3 Å². The van der Waals surface area contributed by atoms with Crippen molar-refractivity contribution in [3.8, 4) is 11.4 Å². The van der Waals surface area contributed by atoms with E-state index >= 15 is 0 Å². The van der Waals surface area contributed by atoms with Gasteiger partial charge in [-0.1, -0.05) is 47.1 Å². The molecule has 128 valence electrons. The Morgan fingerprint density at radius 1 is 1.16 bits per heavy atom. The number of benzene rings is 2. The highest BCUT2D eigenvalue weighted by molar-refractivity contribution is 8.00. The Labute approximate surface area is 155 Å². The van der Waals surface area contributed by atoms with Crippen LogP contribution in [0.25, 0.3) is 11.4 Å². The first kappa shape index (κ1) is 17.5. The van der Waals surface area contributed by atoms with Gasteiger partial charge in [0.25, 0.3) is 0 Å². The summed E-state index contributed by atoms with van der Waals surface area (Å²) in [5.41, 5.74) is 0.879. The lowest BCUT2D eigenvalue weighted by Crippen LogP contribution is -2.27. The van der Waals surface area contributed by atoms with Crippen molar-refractivity contribution in [2.75, 3.05) is 12.8 Å². The zero-order valence-electron chi connectivity index (χ0n) is 13.6. The van der Waals surface area contributed by atoms with Crippen LogP contribution >= 0.6 is 23.4 Å². The predicted molar refractivity (Wildman–Crippen MR) is 98.4 cm³/mol. The minimum Gasteiger partial charge on any atom is -0.337 e. The SMILES string of the molecule is CN(Cc1nc(-c2ccccc2)no1)C(=O)CSc1ccc(Cl)cc1. The molecule has 0 atom stereocenters. The second-order valence-electron chi connectivity index (χ2n) is 5.37. The van der Waals surface area contributed by atoms with Gasteiger partial charge in [0.05, 0.1) is 12.3 Å². The van der Waals surface area contributed by atoms with Gasteiger partial charge < -0.3 is 9.42 Å². The number of rotatable bonds is 6. The topological polar surface area (TPSA) is 59.2 Å². The van der Waals surface area contributed by atoms with Crippen LogP contribution in [0.3, 0.4) is 0 Å². The first-order valence-corrected chi connectivity index (χ1v) is 8.98. The molecule has 0 fully saturated rings. The molecule has 0 saturated carbocycles. The fourth-order valence-corrected chi connectivity index (χ4v) is 3.07. The van der Waals surface area contributed by atoms with Gasteiger partial charge in [-0.25, -0.2) is 0 Å². The average molecular weight is 374 g/mol. The summed E-state index contributed by atoms with van der Waals surface area (Å²) < 4.78 is 5.24. The zero-order chi connectivity index (χ0) is 17.6. The molecule has 0 bridgehead atoms. The smallest absolute Gasteiger partial charge is 0.246 e. The molecule has 3 rings (SSSR count). The molecule has 0 unspecified atom stereocenters. The maximum atomic E-state index is 12.3. The normalized spacial score (nSPS) is 10.6. The van der Waals surface area contributed by atoms with Crippen LogP contribution in [0.5, 0.6) is 0 Å². The Balaban J connectivity index is 1.54. The summed E-state index contributed by atoms with van der Waals surface area (Å²) in [6.07, 6.45) is 0. The van der Waals surface area contributed by atoms with E-state index in [0.717, 1.165) is 10.5 Å². The summed E-state index contributed by atoms with van der Waals surface area (Å²) in [7, 11) is 1.72. The number of nitrogens with zero attached hydrogens (tertiary/aromatic N) is 3. The molecule has 5 nitrogen and oxygen atoms in total. The summed E-state index contributed by atoms with van der Waals surface area (Å²) in [6, 6.07) is 17.0. The molecule has 0 aliphatic carbocycles. The van der Waals surface area contributed by atoms with Crippen molar-refractivity contribution in [3.05, 3.63) is 65.5 Å². The maximum absolute atomic E-state index is 12.3. The van der Waals surface area contributed by atoms with Crippen LogP contribution in [0.2, 0.25) is 5.02 Å². The lowest BCUT2D eigenvalue weighted by atomic mass is 10.2. The van der Waals surface area contributed by atoms with E-state index in [1.54, 1.807) is 11.9 Å². The van der Waals surface area contributed by atoms with Crippen LogP contribution in [0.15, 0.2) is 64.0 Å². The minimum atomic E-state index is -0.0144. The molecule has 0 aliphatic rings. The lowest BCUT2D eigenvalue weighted by Gasteiger charge is -2.14. The second kappa shape index (κ2) is 8.18. The summed E-state index contributed by atoms with van der Waals surface area (Å²) in [5, 5.41) is 4.64. The summed E-state index contributed by atoms with van der Waals surface area (Å²) in [4.78, 5) is 19.2. The average Bonchev–Trinajstić information content (AvgIpc) is 3.10. The number of thioether (sulfide) groups is 1. The Hall–Kier alpha value is -2.31. The van der Waals surface area contributed by atoms with Crippen LogP contribution < -0.4 is 0 Å². The van der Waals surface area contributed by atoms with Crippen molar-refractivity contribution in [1.29, 1.82) is 0 Å². The van der Waals surface area contributed by atoms with Crippen molar-refractivity contribution in [2.45, 2.75) is 11.4 Å². The summed E-state index contributed by atoms with van der Waals surface area (Å²) >= 11 is 7.32. The van der Waals surface area contributed by atoms with E-state index in [0.29, 0.717) is 22.5 Å². The number of hydrogen-bond donors (Lipinski definition) is 0. The number of aromatic nitrogens is 2. The molecule has 25 heavy (non-hydrogen) atoms. The highest BCUT2D eigenvalue weighted by Crippen LogP contribution is 2.21. The fourth-order valence-electron chi connectivity index (χ4n) is 2.10. The van der Waals surface area contributed by atoms with Gasteiger partial charge in [0.15, 0.2) is 0 Å². The Morgan fingerprint density at radius 3 is 2.60 bits per heavy atom. The Bertz CT molecular complexity index is 837. The third-order valence-electron chi connectivity index (χ3n) is 3.47. The summed E-state index contributed by atoms with van der Waals surface area (Å²) in [5.74, 6) is 1.25. The molecule has 1 heterocycles. The van der Waals surface area contributed by atoms with E-state index in [9.17, 15) is 4.79 Å². The first-order valence-electron chi connectivity index (χ1n) is 7.62. The molecule has 3 aromatic rings. The van der Waals surface area contributed by atoms with E-state index in [-0.39, 0.29) is 12.5 Å². The van der Waals surface area contributed by atoms with Gasteiger partial charge in [0.1, 0.15) is 0 Å². The van der Waals surface area contributed by atoms with Gasteiger partial charge in [-0.15, -0.1) is 11.8 Å². The predicted octanol–water partition coefficient (Wildman–Crippen LogP) is 4.14. The molecule has 0 radical (unpaired) electrons. The monoisotopic (exact) mass is 373 g/mol. The van der Waals surface area contributed by atoms with Crippen molar-refractivity contribution < 1.29 is 9.32 Å². The first-order chi connectivity index (χ1) is 12.1. The van der Waals surface area contributed by atoms with Gasteiger partial charge in [0, 0.05) is 22.5 Å². The van der Waals surface area contributed by atoms with Crippen molar-refractivity contribution in [2.24, 2.45) is 0 Å². The highest BCUT2D eigenvalue weighted by Gasteiger charge is 2.15. The van der Waals surface area contributed by atoms with Gasteiger partial charge in [-0.3, -0.25) is 4.79 Å². The van der Waals surface area contributed by atoms with Gasteiger partial charge >= 0.3 is 0 Å². The van der Waals surface area contributed by atoms with Crippen molar-refractivity contribution in [3.63, 3.8) is 0 Å². The Kier molecular flexibility index (Phi) is 5.73. The molecular formula is C18H16ClN3O2S. The minimum absolute atomic E-state index is 0.0144. The van der Waals surface area contributed by atoms with E-state index in [1.807, 2.05) is 54.6 Å². The molecule has 0 saturated heterocycles. The van der Waals surface area contributed by atoms with Crippen LogP contribution in [0.4, 0.5) is 0 Å². The summed E-state index contributed by atoms with van der Waals surface area (Å²) in [6.45, 7) is 0.278. The second-order valence-corrected chi connectivity index (χ2v) is 6.86. The molecule has 0 N–H and O–H groups in total. The van der Waals surface area contributed by atoms with Crippen LogP contribution in [0.1, 0.15) is 5.89 Å². The maximum Gasteiger partial charge on any atom is 0.246 e. The van der Waals surface area contributed by atoms with E-state index in [1.165, 1.54) is 11.8 Å². The van der Waals surface area contributed by atoms with E-state index in [4.69, 9.17) is 16.1 Å². The largest absolute Gasteiger partial charge is 0.337 e. The van der Waals surface area contributed by atoms with Crippen LogP contribution in [-0.4, -0.2) is 33.7 Å². The fraction of sp³-hybridized carbons (Fsp3) is 0.167. The number of carbonyl (C=O) groups is 1.